The van der Waals surface area contributed by atoms with Crippen LogP contribution in [0.3, 0.4) is 0 Å². The molecule has 1 aliphatic rings. The maximum absolute atomic E-state index is 14.0. The van der Waals surface area contributed by atoms with Crippen LogP contribution in [0.1, 0.15) is 12.5 Å². The fourth-order valence-electron chi connectivity index (χ4n) is 1.76. The maximum atomic E-state index is 14.0. The number of Topliss-reactive ketones (excluding diaryl/α,β-unsaturated/α-hetero) is 1. The largest absolute Gasteiger partial charge is 0.494 e. The molecule has 0 spiro atoms. The Morgan fingerprint density at radius 1 is 1.47 bits per heavy atom. The van der Waals surface area contributed by atoms with Gasteiger partial charge in [0.05, 0.1) is 7.11 Å². The van der Waals surface area contributed by atoms with Gasteiger partial charge in [-0.2, -0.15) is 0 Å². The number of hydrogen-bond acceptors (Lipinski definition) is 4. The normalized spacial score (nSPS) is 13.4. The molecule has 0 atom stereocenters. The highest BCUT2D eigenvalue weighted by Crippen LogP contribution is 2.40. The van der Waals surface area contributed by atoms with Gasteiger partial charge < -0.3 is 14.2 Å². The minimum absolute atomic E-state index is 0.0330. The van der Waals surface area contributed by atoms with Crippen LogP contribution in [0.15, 0.2) is 6.07 Å². The van der Waals surface area contributed by atoms with Crippen LogP contribution in [0, 0.1) is 5.82 Å². The number of rotatable bonds is 3. The molecule has 2 rings (SSSR count). The first-order chi connectivity index (χ1) is 8.13. The van der Waals surface area contributed by atoms with Gasteiger partial charge in [-0.25, -0.2) is 4.39 Å². The molecule has 1 aromatic rings. The Morgan fingerprint density at radius 2 is 2.18 bits per heavy atom. The van der Waals surface area contributed by atoms with Gasteiger partial charge in [-0.3, -0.25) is 4.79 Å². The van der Waals surface area contributed by atoms with Crippen molar-refractivity contribution in [2.45, 2.75) is 13.3 Å². The van der Waals surface area contributed by atoms with Crippen molar-refractivity contribution in [3.8, 4) is 17.2 Å². The van der Waals surface area contributed by atoms with E-state index in [2.05, 4.69) is 0 Å². The summed E-state index contributed by atoms with van der Waals surface area (Å²) in [5.41, 5.74) is 0.201. The molecule has 0 fully saturated rings. The van der Waals surface area contributed by atoms with E-state index >= 15 is 0 Å². The van der Waals surface area contributed by atoms with E-state index in [9.17, 15) is 9.18 Å². The van der Waals surface area contributed by atoms with E-state index in [0.717, 1.165) is 0 Å². The Bertz CT molecular complexity index is 456. The van der Waals surface area contributed by atoms with Crippen LogP contribution in [0.5, 0.6) is 17.2 Å². The van der Waals surface area contributed by atoms with Gasteiger partial charge in [0.15, 0.2) is 23.1 Å². The van der Waals surface area contributed by atoms with Crippen molar-refractivity contribution < 1.29 is 23.4 Å². The SMILES string of the molecule is COc1cc2c(c(CC(C)=O)c1F)OCCO2. The molecule has 4 nitrogen and oxygen atoms in total. The van der Waals surface area contributed by atoms with Gasteiger partial charge in [0, 0.05) is 18.1 Å². The third kappa shape index (κ3) is 2.18. The first-order valence-corrected chi connectivity index (χ1v) is 5.28. The van der Waals surface area contributed by atoms with Gasteiger partial charge in [0.25, 0.3) is 0 Å². The van der Waals surface area contributed by atoms with Crippen molar-refractivity contribution in [1.29, 1.82) is 0 Å². The van der Waals surface area contributed by atoms with Crippen LogP contribution in [-0.2, 0) is 11.2 Å². The first-order valence-electron chi connectivity index (χ1n) is 5.28. The van der Waals surface area contributed by atoms with Crippen molar-refractivity contribution in [3.05, 3.63) is 17.4 Å². The molecule has 0 aliphatic carbocycles. The Kier molecular flexibility index (Phi) is 3.17. The minimum Gasteiger partial charge on any atom is -0.494 e. The number of benzene rings is 1. The lowest BCUT2D eigenvalue weighted by Crippen LogP contribution is -2.18. The molecule has 17 heavy (non-hydrogen) atoms. The molecule has 92 valence electrons. The summed E-state index contributed by atoms with van der Waals surface area (Å²) in [4.78, 5) is 11.1. The third-order valence-corrected chi connectivity index (χ3v) is 2.47. The van der Waals surface area contributed by atoms with Gasteiger partial charge in [-0.1, -0.05) is 0 Å². The van der Waals surface area contributed by atoms with Gasteiger partial charge in [0.1, 0.15) is 19.0 Å². The summed E-state index contributed by atoms with van der Waals surface area (Å²) in [5.74, 6) is 0.0847. The summed E-state index contributed by atoms with van der Waals surface area (Å²) < 4.78 is 29.6. The van der Waals surface area contributed by atoms with Crippen LogP contribution < -0.4 is 14.2 Å². The second-order valence-corrected chi connectivity index (χ2v) is 3.77. The summed E-state index contributed by atoms with van der Waals surface area (Å²) >= 11 is 0. The van der Waals surface area contributed by atoms with Crippen LogP contribution in [0.25, 0.3) is 0 Å². The number of methoxy groups -OCH3 is 1. The Balaban J connectivity index is 2.55. The molecule has 0 aromatic heterocycles. The molecule has 5 heteroatoms. The van der Waals surface area contributed by atoms with Crippen LogP contribution >= 0.6 is 0 Å². The zero-order chi connectivity index (χ0) is 12.4. The summed E-state index contributed by atoms with van der Waals surface area (Å²) in [6.45, 7) is 2.15. The molecule has 0 saturated heterocycles. The van der Waals surface area contributed by atoms with Crippen LogP contribution in [-0.4, -0.2) is 26.1 Å². The number of carbonyl (C=O) groups is 1. The molecule has 0 N–H and O–H groups in total. The molecule has 0 radical (unpaired) electrons. The van der Waals surface area contributed by atoms with Crippen molar-refractivity contribution >= 4 is 5.78 Å². The second kappa shape index (κ2) is 4.61. The lowest BCUT2D eigenvalue weighted by Gasteiger charge is -2.22. The first kappa shape index (κ1) is 11.7. The summed E-state index contributed by atoms with van der Waals surface area (Å²) in [6.07, 6.45) is -0.0330. The molecule has 0 amide bonds. The van der Waals surface area contributed by atoms with E-state index in [1.165, 1.54) is 20.1 Å². The lowest BCUT2D eigenvalue weighted by atomic mass is 10.1. The number of fused-ring (bicyclic) bond motifs is 1. The minimum atomic E-state index is -0.563. The van der Waals surface area contributed by atoms with Gasteiger partial charge >= 0.3 is 0 Å². The molecular weight excluding hydrogens is 227 g/mol. The van der Waals surface area contributed by atoms with Crippen LogP contribution in [0.2, 0.25) is 0 Å². The summed E-state index contributed by atoms with van der Waals surface area (Å²) in [7, 11) is 1.37. The molecule has 0 unspecified atom stereocenters. The zero-order valence-corrected chi connectivity index (χ0v) is 9.71. The Hall–Kier alpha value is -1.78. The number of ketones is 1. The summed E-state index contributed by atoms with van der Waals surface area (Å²) in [6, 6.07) is 1.44. The highest BCUT2D eigenvalue weighted by molar-refractivity contribution is 5.80. The third-order valence-electron chi connectivity index (χ3n) is 2.47. The van der Waals surface area contributed by atoms with E-state index in [1.54, 1.807) is 0 Å². The van der Waals surface area contributed by atoms with E-state index in [0.29, 0.717) is 24.7 Å². The van der Waals surface area contributed by atoms with Crippen molar-refractivity contribution in [1.82, 2.24) is 0 Å². The Morgan fingerprint density at radius 3 is 2.82 bits per heavy atom. The van der Waals surface area contributed by atoms with Gasteiger partial charge in [-0.15, -0.1) is 0 Å². The quantitative estimate of drug-likeness (QED) is 0.807. The average Bonchev–Trinajstić information content (AvgIpc) is 2.32. The predicted octanol–water partition coefficient (Wildman–Crippen LogP) is 1.74. The number of ether oxygens (including phenoxy) is 3. The van der Waals surface area contributed by atoms with E-state index in [4.69, 9.17) is 14.2 Å². The van der Waals surface area contributed by atoms with Crippen molar-refractivity contribution in [3.63, 3.8) is 0 Å². The van der Waals surface area contributed by atoms with Gasteiger partial charge in [0.2, 0.25) is 0 Å². The van der Waals surface area contributed by atoms with E-state index < -0.39 is 5.82 Å². The van der Waals surface area contributed by atoms with Gasteiger partial charge in [-0.05, 0) is 6.92 Å². The molecule has 1 heterocycles. The number of hydrogen-bond donors (Lipinski definition) is 0. The van der Waals surface area contributed by atoms with Crippen molar-refractivity contribution in [2.75, 3.05) is 20.3 Å². The lowest BCUT2D eigenvalue weighted by molar-refractivity contribution is -0.116. The second-order valence-electron chi connectivity index (χ2n) is 3.77. The predicted molar refractivity (Wildman–Crippen MR) is 58.3 cm³/mol. The molecule has 1 aromatic carbocycles. The fourth-order valence-corrected chi connectivity index (χ4v) is 1.76. The topological polar surface area (TPSA) is 44.8 Å². The monoisotopic (exact) mass is 240 g/mol. The average molecular weight is 240 g/mol. The van der Waals surface area contributed by atoms with E-state index in [1.807, 2.05) is 0 Å². The standard InChI is InChI=1S/C12H13FO4/c1-7(14)5-8-11(13)9(15-2)6-10-12(8)17-4-3-16-10/h6H,3-5H2,1-2H3. The number of carbonyl (C=O) groups excluding carboxylic acids is 1. The highest BCUT2D eigenvalue weighted by atomic mass is 19.1. The molecule has 0 bridgehead atoms. The van der Waals surface area contributed by atoms with E-state index in [-0.39, 0.29) is 23.5 Å². The fraction of sp³-hybridized carbons (Fsp3) is 0.417. The smallest absolute Gasteiger partial charge is 0.172 e. The maximum Gasteiger partial charge on any atom is 0.172 e. The molecule has 1 aliphatic heterocycles. The molecule has 0 saturated carbocycles. The molecular formula is C12H13FO4. The number of halogens is 1. The van der Waals surface area contributed by atoms with Crippen LogP contribution in [0.4, 0.5) is 4.39 Å². The Labute approximate surface area is 98.3 Å². The van der Waals surface area contributed by atoms with Crippen molar-refractivity contribution in [2.24, 2.45) is 0 Å². The highest BCUT2D eigenvalue weighted by Gasteiger charge is 2.24. The zero-order valence-electron chi connectivity index (χ0n) is 9.71. The summed E-state index contributed by atoms with van der Waals surface area (Å²) in [5, 5.41) is 0.